The molecule has 6 nitrogen and oxygen atoms in total. The number of aliphatic hydroxyl groups excluding tert-OH is 4. The number of alkyl halides is 1. The van der Waals surface area contributed by atoms with Gasteiger partial charge in [-0.2, -0.15) is 0 Å². The van der Waals surface area contributed by atoms with Gasteiger partial charge in [0.05, 0.1) is 13.2 Å². The zero-order chi connectivity index (χ0) is 11.5. The van der Waals surface area contributed by atoms with Gasteiger partial charge in [-0.25, -0.2) is 0 Å². The van der Waals surface area contributed by atoms with Crippen LogP contribution in [0.3, 0.4) is 0 Å². The van der Waals surface area contributed by atoms with Crippen molar-refractivity contribution in [2.24, 2.45) is 0 Å². The van der Waals surface area contributed by atoms with Gasteiger partial charge in [0, 0.05) is 5.88 Å². The topological polar surface area (TPSA) is 99.4 Å². The highest BCUT2D eigenvalue weighted by atomic mass is 35.5. The van der Waals surface area contributed by atoms with Crippen LogP contribution in [-0.2, 0) is 9.47 Å². The van der Waals surface area contributed by atoms with E-state index in [4.69, 9.17) is 26.2 Å². The van der Waals surface area contributed by atoms with Crippen LogP contribution in [0.25, 0.3) is 0 Å². The number of halogens is 1. The standard InChI is InChI=1S/C8H15ClO6/c9-1-2-14-8(4-10)7(13)6(12)5(11)3-15-8/h5-7,10-13H,1-4H2/t5-,6-,7+,8+/m0/s1. The van der Waals surface area contributed by atoms with Crippen molar-refractivity contribution in [2.45, 2.75) is 24.1 Å². The van der Waals surface area contributed by atoms with Gasteiger partial charge >= 0.3 is 0 Å². The van der Waals surface area contributed by atoms with E-state index >= 15 is 0 Å². The summed E-state index contributed by atoms with van der Waals surface area (Å²) in [6.07, 6.45) is -4.13. The predicted octanol–water partition coefficient (Wildman–Crippen LogP) is -1.96. The molecule has 0 aromatic rings. The molecule has 0 aliphatic carbocycles. The van der Waals surface area contributed by atoms with Gasteiger partial charge in [-0.3, -0.25) is 0 Å². The first-order chi connectivity index (χ1) is 7.07. The van der Waals surface area contributed by atoms with Crippen molar-refractivity contribution in [3.05, 3.63) is 0 Å². The van der Waals surface area contributed by atoms with Crippen LogP contribution in [0, 0.1) is 0 Å². The number of hydrogen-bond donors (Lipinski definition) is 4. The second-order valence-electron chi connectivity index (χ2n) is 3.32. The molecule has 7 heteroatoms. The molecule has 1 fully saturated rings. The molecule has 1 saturated heterocycles. The lowest BCUT2D eigenvalue weighted by Gasteiger charge is -2.43. The Labute approximate surface area is 92.0 Å². The summed E-state index contributed by atoms with van der Waals surface area (Å²) in [6, 6.07) is 0. The Morgan fingerprint density at radius 1 is 1.40 bits per heavy atom. The highest BCUT2D eigenvalue weighted by molar-refractivity contribution is 6.17. The third kappa shape index (κ3) is 2.59. The molecule has 0 amide bonds. The number of hydrogen-bond acceptors (Lipinski definition) is 6. The van der Waals surface area contributed by atoms with E-state index in [-0.39, 0.29) is 19.1 Å². The summed E-state index contributed by atoms with van der Waals surface area (Å²) in [5, 5.41) is 37.3. The highest BCUT2D eigenvalue weighted by Crippen LogP contribution is 2.27. The Morgan fingerprint density at radius 3 is 2.60 bits per heavy atom. The average Bonchev–Trinajstić information content (AvgIpc) is 2.26. The maximum atomic E-state index is 9.62. The molecule has 0 spiro atoms. The predicted molar refractivity (Wildman–Crippen MR) is 50.5 cm³/mol. The summed E-state index contributed by atoms with van der Waals surface area (Å²) in [4.78, 5) is 0. The van der Waals surface area contributed by atoms with Crippen molar-refractivity contribution >= 4 is 11.6 Å². The molecule has 1 heterocycles. The molecule has 0 bridgehead atoms. The summed E-state index contributed by atoms with van der Waals surface area (Å²) in [7, 11) is 0. The van der Waals surface area contributed by atoms with Crippen LogP contribution >= 0.6 is 11.6 Å². The minimum atomic E-state index is -1.70. The Balaban J connectivity index is 2.71. The third-order valence-corrected chi connectivity index (χ3v) is 2.46. The Morgan fingerprint density at radius 2 is 2.07 bits per heavy atom. The van der Waals surface area contributed by atoms with Crippen LogP contribution in [-0.4, -0.2) is 70.2 Å². The molecule has 0 unspecified atom stereocenters. The van der Waals surface area contributed by atoms with Crippen LogP contribution < -0.4 is 0 Å². The molecule has 4 N–H and O–H groups in total. The van der Waals surface area contributed by atoms with E-state index in [0.29, 0.717) is 0 Å². The minimum absolute atomic E-state index is 0.0575. The molecule has 4 atom stereocenters. The van der Waals surface area contributed by atoms with Crippen LogP contribution in [0.1, 0.15) is 0 Å². The van der Waals surface area contributed by atoms with Gasteiger partial charge in [-0.1, -0.05) is 0 Å². The molecule has 15 heavy (non-hydrogen) atoms. The molecule has 1 aliphatic heterocycles. The lowest BCUT2D eigenvalue weighted by Crippen LogP contribution is -2.63. The minimum Gasteiger partial charge on any atom is -0.391 e. The fraction of sp³-hybridized carbons (Fsp3) is 1.00. The molecule has 0 aromatic carbocycles. The normalized spacial score (nSPS) is 41.8. The third-order valence-electron chi connectivity index (χ3n) is 2.31. The largest absolute Gasteiger partial charge is 0.391 e. The quantitative estimate of drug-likeness (QED) is 0.428. The highest BCUT2D eigenvalue weighted by Gasteiger charge is 2.50. The van der Waals surface area contributed by atoms with Gasteiger partial charge in [0.1, 0.15) is 24.9 Å². The second-order valence-corrected chi connectivity index (χ2v) is 3.70. The number of aliphatic hydroxyl groups is 4. The van der Waals surface area contributed by atoms with Crippen LogP contribution in [0.2, 0.25) is 0 Å². The first-order valence-corrected chi connectivity index (χ1v) is 5.10. The van der Waals surface area contributed by atoms with E-state index in [2.05, 4.69) is 0 Å². The van der Waals surface area contributed by atoms with Crippen molar-refractivity contribution in [1.82, 2.24) is 0 Å². The van der Waals surface area contributed by atoms with E-state index in [1.807, 2.05) is 0 Å². The molecule has 0 saturated carbocycles. The first-order valence-electron chi connectivity index (χ1n) is 4.56. The Bertz CT molecular complexity index is 200. The van der Waals surface area contributed by atoms with Crippen molar-refractivity contribution in [3.63, 3.8) is 0 Å². The van der Waals surface area contributed by atoms with Gasteiger partial charge in [-0.15, -0.1) is 11.6 Å². The fourth-order valence-corrected chi connectivity index (χ4v) is 1.48. The van der Waals surface area contributed by atoms with Gasteiger partial charge in [0.2, 0.25) is 5.79 Å². The van der Waals surface area contributed by atoms with Gasteiger partial charge in [0.15, 0.2) is 0 Å². The maximum absolute atomic E-state index is 9.62. The van der Waals surface area contributed by atoms with E-state index in [1.54, 1.807) is 0 Å². The van der Waals surface area contributed by atoms with Gasteiger partial charge in [0.25, 0.3) is 0 Å². The molecule has 0 aromatic heterocycles. The number of rotatable bonds is 4. The zero-order valence-corrected chi connectivity index (χ0v) is 8.80. The van der Waals surface area contributed by atoms with Crippen LogP contribution in [0.5, 0.6) is 0 Å². The summed E-state index contributed by atoms with van der Waals surface area (Å²) >= 11 is 5.40. The van der Waals surface area contributed by atoms with Crippen molar-refractivity contribution in [2.75, 3.05) is 25.7 Å². The van der Waals surface area contributed by atoms with E-state index in [9.17, 15) is 15.3 Å². The SMILES string of the molecule is OC[C@@]1(OCCCl)OC[C@H](O)[C@H](O)[C@H]1O. The zero-order valence-electron chi connectivity index (χ0n) is 8.04. The molecular weight excluding hydrogens is 228 g/mol. The summed E-state index contributed by atoms with van der Waals surface area (Å²) in [5.74, 6) is -1.54. The number of ether oxygens (including phenoxy) is 2. The van der Waals surface area contributed by atoms with E-state index < -0.39 is 30.7 Å². The molecule has 90 valence electrons. The van der Waals surface area contributed by atoms with Gasteiger partial charge < -0.3 is 29.9 Å². The molecule has 1 rings (SSSR count). The molecular formula is C8H15ClO6. The Kier molecular flexibility index (Phi) is 4.72. The second kappa shape index (κ2) is 5.40. The van der Waals surface area contributed by atoms with Crippen molar-refractivity contribution in [3.8, 4) is 0 Å². The fourth-order valence-electron chi connectivity index (χ4n) is 1.40. The smallest absolute Gasteiger partial charge is 0.221 e. The van der Waals surface area contributed by atoms with Gasteiger partial charge in [-0.05, 0) is 0 Å². The average molecular weight is 243 g/mol. The summed E-state index contributed by atoms with van der Waals surface area (Å²) < 4.78 is 10.1. The van der Waals surface area contributed by atoms with Crippen molar-refractivity contribution < 1.29 is 29.9 Å². The van der Waals surface area contributed by atoms with Crippen LogP contribution in [0.4, 0.5) is 0 Å². The Hall–Kier alpha value is 0.0500. The van der Waals surface area contributed by atoms with E-state index in [1.165, 1.54) is 0 Å². The lowest BCUT2D eigenvalue weighted by molar-refractivity contribution is -0.347. The summed E-state index contributed by atoms with van der Waals surface area (Å²) in [5.41, 5.74) is 0. The summed E-state index contributed by atoms with van der Waals surface area (Å²) in [6.45, 7) is -0.794. The monoisotopic (exact) mass is 242 g/mol. The lowest BCUT2D eigenvalue weighted by atomic mass is 9.97. The molecule has 1 aliphatic rings. The first kappa shape index (κ1) is 13.1. The maximum Gasteiger partial charge on any atom is 0.221 e. The van der Waals surface area contributed by atoms with E-state index in [0.717, 1.165) is 0 Å². The molecule has 0 radical (unpaired) electrons. The van der Waals surface area contributed by atoms with Crippen molar-refractivity contribution in [1.29, 1.82) is 0 Å². The van der Waals surface area contributed by atoms with Crippen LogP contribution in [0.15, 0.2) is 0 Å².